The number of aromatic nitrogens is 2. The Kier molecular flexibility index (Phi) is 3.89. The van der Waals surface area contributed by atoms with Crippen molar-refractivity contribution in [2.75, 3.05) is 13.6 Å². The van der Waals surface area contributed by atoms with Crippen molar-refractivity contribution in [3.63, 3.8) is 0 Å². The standard InChI is InChI=1S/C15H23N3S/c1-11-3-4-12(9-16-2)13(7-11)8-14-10-18-5-6-19-15(18)17-14/h5-6,10-13,16H,3-4,7-9H2,1-2H3. The zero-order valence-corrected chi connectivity index (χ0v) is 12.6. The lowest BCUT2D eigenvalue weighted by atomic mass is 9.73. The molecule has 104 valence electrons. The number of fused-ring (bicyclic) bond motifs is 1. The van der Waals surface area contributed by atoms with Crippen molar-refractivity contribution in [2.24, 2.45) is 17.8 Å². The van der Waals surface area contributed by atoms with Gasteiger partial charge in [0.25, 0.3) is 0 Å². The predicted molar refractivity (Wildman–Crippen MR) is 80.7 cm³/mol. The van der Waals surface area contributed by atoms with Gasteiger partial charge in [-0.15, -0.1) is 11.3 Å². The average Bonchev–Trinajstić information content (AvgIpc) is 2.93. The molecule has 0 aromatic carbocycles. The first-order valence-electron chi connectivity index (χ1n) is 7.32. The molecule has 4 heteroatoms. The van der Waals surface area contributed by atoms with Crippen molar-refractivity contribution in [3.05, 3.63) is 23.5 Å². The van der Waals surface area contributed by atoms with Gasteiger partial charge in [0.2, 0.25) is 0 Å². The summed E-state index contributed by atoms with van der Waals surface area (Å²) in [6.07, 6.45) is 9.57. The van der Waals surface area contributed by atoms with E-state index >= 15 is 0 Å². The summed E-state index contributed by atoms with van der Waals surface area (Å²) in [6, 6.07) is 0. The minimum Gasteiger partial charge on any atom is -0.319 e. The fourth-order valence-electron chi connectivity index (χ4n) is 3.49. The van der Waals surface area contributed by atoms with E-state index in [9.17, 15) is 0 Å². The maximum Gasteiger partial charge on any atom is 0.193 e. The van der Waals surface area contributed by atoms with Crippen LogP contribution in [0.5, 0.6) is 0 Å². The Labute approximate surface area is 119 Å². The van der Waals surface area contributed by atoms with E-state index in [1.54, 1.807) is 11.3 Å². The molecule has 1 aliphatic rings. The molecule has 0 spiro atoms. The highest BCUT2D eigenvalue weighted by molar-refractivity contribution is 7.15. The van der Waals surface area contributed by atoms with Crippen molar-refractivity contribution in [1.29, 1.82) is 0 Å². The van der Waals surface area contributed by atoms with E-state index in [-0.39, 0.29) is 0 Å². The Morgan fingerprint density at radius 1 is 1.42 bits per heavy atom. The van der Waals surface area contributed by atoms with Crippen LogP contribution in [-0.4, -0.2) is 23.0 Å². The summed E-state index contributed by atoms with van der Waals surface area (Å²) in [5.74, 6) is 2.49. The summed E-state index contributed by atoms with van der Waals surface area (Å²) < 4.78 is 2.15. The van der Waals surface area contributed by atoms with Crippen molar-refractivity contribution >= 4 is 16.3 Å². The van der Waals surface area contributed by atoms with Crippen LogP contribution >= 0.6 is 11.3 Å². The fourth-order valence-corrected chi connectivity index (χ4v) is 4.20. The van der Waals surface area contributed by atoms with E-state index in [0.29, 0.717) is 0 Å². The normalized spacial score (nSPS) is 28.0. The van der Waals surface area contributed by atoms with Gasteiger partial charge >= 0.3 is 0 Å². The molecule has 19 heavy (non-hydrogen) atoms. The van der Waals surface area contributed by atoms with Gasteiger partial charge in [0.1, 0.15) is 0 Å². The number of nitrogens with zero attached hydrogens (tertiary/aromatic N) is 2. The molecule has 0 aliphatic heterocycles. The summed E-state index contributed by atoms with van der Waals surface area (Å²) in [5.41, 5.74) is 1.27. The van der Waals surface area contributed by atoms with Crippen LogP contribution in [-0.2, 0) is 6.42 Å². The predicted octanol–water partition coefficient (Wildman–Crippen LogP) is 3.21. The van der Waals surface area contributed by atoms with E-state index in [4.69, 9.17) is 4.98 Å². The molecule has 0 radical (unpaired) electrons. The molecule has 2 heterocycles. The molecule has 3 rings (SSSR count). The minimum atomic E-state index is 0.792. The fraction of sp³-hybridized carbons (Fsp3) is 0.667. The number of rotatable bonds is 4. The number of imidazole rings is 1. The zero-order chi connectivity index (χ0) is 13.2. The summed E-state index contributed by atoms with van der Waals surface area (Å²) in [4.78, 5) is 5.88. The molecule has 0 bridgehead atoms. The molecule has 2 aromatic rings. The Morgan fingerprint density at radius 3 is 3.11 bits per heavy atom. The second kappa shape index (κ2) is 5.63. The van der Waals surface area contributed by atoms with Gasteiger partial charge in [-0.25, -0.2) is 4.98 Å². The molecule has 1 N–H and O–H groups in total. The van der Waals surface area contributed by atoms with Crippen molar-refractivity contribution in [1.82, 2.24) is 14.7 Å². The molecule has 0 saturated heterocycles. The Bertz CT molecular complexity index is 502. The third-order valence-corrected chi connectivity index (χ3v) is 5.25. The second-order valence-corrected chi connectivity index (χ2v) is 6.90. The van der Waals surface area contributed by atoms with Crippen molar-refractivity contribution in [2.45, 2.75) is 32.6 Å². The average molecular weight is 277 g/mol. The van der Waals surface area contributed by atoms with Crippen LogP contribution < -0.4 is 5.32 Å². The summed E-state index contributed by atoms with van der Waals surface area (Å²) in [7, 11) is 2.07. The lowest BCUT2D eigenvalue weighted by molar-refractivity contribution is 0.185. The van der Waals surface area contributed by atoms with Crippen LogP contribution in [0.4, 0.5) is 0 Å². The third kappa shape index (κ3) is 2.84. The number of thiazole rings is 1. The lowest BCUT2D eigenvalue weighted by Crippen LogP contribution is -2.32. The van der Waals surface area contributed by atoms with Gasteiger partial charge < -0.3 is 5.32 Å². The van der Waals surface area contributed by atoms with Crippen LogP contribution in [0.2, 0.25) is 0 Å². The van der Waals surface area contributed by atoms with Gasteiger partial charge in [-0.2, -0.15) is 0 Å². The Morgan fingerprint density at radius 2 is 2.32 bits per heavy atom. The Hall–Kier alpha value is -0.870. The summed E-state index contributed by atoms with van der Waals surface area (Å²) in [5, 5.41) is 5.46. The van der Waals surface area contributed by atoms with Gasteiger partial charge in [0.15, 0.2) is 4.96 Å². The van der Waals surface area contributed by atoms with E-state index in [0.717, 1.165) is 35.7 Å². The summed E-state index contributed by atoms with van der Waals surface area (Å²) in [6.45, 7) is 3.55. The van der Waals surface area contributed by atoms with Gasteiger partial charge in [-0.3, -0.25) is 4.40 Å². The van der Waals surface area contributed by atoms with Crippen LogP contribution in [0.25, 0.3) is 4.96 Å². The zero-order valence-electron chi connectivity index (χ0n) is 11.8. The topological polar surface area (TPSA) is 29.3 Å². The molecule has 1 saturated carbocycles. The molecule has 0 amide bonds. The van der Waals surface area contributed by atoms with E-state index in [1.807, 2.05) is 0 Å². The number of hydrogen-bond donors (Lipinski definition) is 1. The molecule has 3 atom stereocenters. The van der Waals surface area contributed by atoms with Gasteiger partial charge in [-0.05, 0) is 50.6 Å². The maximum absolute atomic E-state index is 4.75. The van der Waals surface area contributed by atoms with Gasteiger partial charge in [0, 0.05) is 17.8 Å². The van der Waals surface area contributed by atoms with Gasteiger partial charge in [0.05, 0.1) is 5.69 Å². The lowest BCUT2D eigenvalue weighted by Gasteiger charge is -2.34. The first kappa shape index (κ1) is 13.1. The molecular weight excluding hydrogens is 254 g/mol. The van der Waals surface area contributed by atoms with Crippen LogP contribution in [0.15, 0.2) is 17.8 Å². The monoisotopic (exact) mass is 277 g/mol. The minimum absolute atomic E-state index is 0.792. The van der Waals surface area contributed by atoms with Crippen molar-refractivity contribution < 1.29 is 0 Å². The molecule has 3 nitrogen and oxygen atoms in total. The smallest absolute Gasteiger partial charge is 0.193 e. The van der Waals surface area contributed by atoms with E-state index < -0.39 is 0 Å². The second-order valence-electron chi connectivity index (χ2n) is 6.03. The van der Waals surface area contributed by atoms with E-state index in [2.05, 4.69) is 41.5 Å². The first-order chi connectivity index (χ1) is 9.26. The molecular formula is C15H23N3S. The first-order valence-corrected chi connectivity index (χ1v) is 8.20. The van der Waals surface area contributed by atoms with Crippen molar-refractivity contribution in [3.8, 4) is 0 Å². The summed E-state index contributed by atoms with van der Waals surface area (Å²) >= 11 is 1.72. The number of nitrogens with one attached hydrogen (secondary N) is 1. The SMILES string of the molecule is CNCC1CCC(C)CC1Cc1cn2ccsc2n1. The molecule has 2 aromatic heterocycles. The molecule has 1 aliphatic carbocycles. The molecule has 3 unspecified atom stereocenters. The number of hydrogen-bond acceptors (Lipinski definition) is 3. The van der Waals surface area contributed by atoms with Crippen LogP contribution in [0, 0.1) is 17.8 Å². The van der Waals surface area contributed by atoms with Gasteiger partial charge in [-0.1, -0.05) is 13.3 Å². The highest BCUT2D eigenvalue weighted by Crippen LogP contribution is 2.35. The molecule has 1 fully saturated rings. The highest BCUT2D eigenvalue weighted by Gasteiger charge is 2.28. The third-order valence-electron chi connectivity index (χ3n) is 4.48. The maximum atomic E-state index is 4.75. The van der Waals surface area contributed by atoms with Crippen LogP contribution in [0.3, 0.4) is 0 Å². The van der Waals surface area contributed by atoms with E-state index in [1.165, 1.54) is 25.0 Å². The Balaban J connectivity index is 1.73. The van der Waals surface area contributed by atoms with Crippen LogP contribution in [0.1, 0.15) is 31.9 Å². The quantitative estimate of drug-likeness (QED) is 0.930. The largest absolute Gasteiger partial charge is 0.319 e. The highest BCUT2D eigenvalue weighted by atomic mass is 32.1.